The quantitative estimate of drug-likeness (QED) is 0.159. The van der Waals surface area contributed by atoms with Crippen molar-refractivity contribution in [1.29, 1.82) is 0 Å². The predicted octanol–water partition coefficient (Wildman–Crippen LogP) is 16.4. The zero-order valence-electron chi connectivity index (χ0n) is 46.6. The molecule has 0 bridgehead atoms. The van der Waals surface area contributed by atoms with Crippen LogP contribution in [0, 0.1) is 6.85 Å². The van der Waals surface area contributed by atoms with Gasteiger partial charge in [-0.25, -0.2) is 0 Å². The van der Waals surface area contributed by atoms with E-state index in [-0.39, 0.29) is 44.6 Å². The molecule has 0 N–H and O–H groups in total. The summed E-state index contributed by atoms with van der Waals surface area (Å²) < 4.78 is 30.4. The molecule has 7 aromatic rings. The summed E-state index contributed by atoms with van der Waals surface area (Å²) >= 11 is 1.87. The van der Waals surface area contributed by atoms with Crippen molar-refractivity contribution in [1.82, 2.24) is 0 Å². The fourth-order valence-electron chi connectivity index (χ4n) is 14.4. The molecule has 12 rings (SSSR count). The van der Waals surface area contributed by atoms with Crippen molar-refractivity contribution in [3.8, 4) is 0 Å². The molecule has 3 heterocycles. The molecule has 0 spiro atoms. The largest absolute Gasteiger partial charge is 0.311 e. The number of nitrogens with zero attached hydrogens (tertiary/aromatic N) is 2. The summed E-state index contributed by atoms with van der Waals surface area (Å²) in [7, 11) is 0. The predicted molar refractivity (Wildman–Crippen MR) is 298 cm³/mol. The average Bonchev–Trinajstić information content (AvgIpc) is 3.75. The van der Waals surface area contributed by atoms with Crippen LogP contribution in [0.3, 0.4) is 0 Å². The molecular formula is C64H73BN2S. The van der Waals surface area contributed by atoms with E-state index in [4.69, 9.17) is 0 Å². The molecule has 1 aromatic heterocycles. The van der Waals surface area contributed by atoms with Crippen molar-refractivity contribution in [3.05, 3.63) is 136 Å². The molecule has 0 radical (unpaired) electrons. The van der Waals surface area contributed by atoms with Gasteiger partial charge >= 0.3 is 0 Å². The second kappa shape index (κ2) is 13.7. The fraction of sp³-hybridized carbons (Fsp3) is 0.438. The zero-order valence-corrected chi connectivity index (χ0v) is 44.4. The molecule has 0 fully saturated rings. The van der Waals surface area contributed by atoms with Gasteiger partial charge in [0.15, 0.2) is 0 Å². The zero-order chi connectivity index (χ0) is 50.7. The first-order valence-electron chi connectivity index (χ1n) is 27.2. The lowest BCUT2D eigenvalue weighted by Gasteiger charge is -2.48. The van der Waals surface area contributed by atoms with Gasteiger partial charge in [-0.3, -0.25) is 0 Å². The lowest BCUT2D eigenvalue weighted by Crippen LogP contribution is -2.62. The van der Waals surface area contributed by atoms with Gasteiger partial charge in [0, 0.05) is 48.0 Å². The van der Waals surface area contributed by atoms with Crippen molar-refractivity contribution in [2.24, 2.45) is 0 Å². The molecule has 68 heavy (non-hydrogen) atoms. The number of thiophene rings is 1. The topological polar surface area (TPSA) is 6.48 Å². The van der Waals surface area contributed by atoms with E-state index >= 15 is 0 Å². The molecule has 4 heteroatoms. The van der Waals surface area contributed by atoms with Gasteiger partial charge in [-0.15, -0.1) is 11.3 Å². The van der Waals surface area contributed by atoms with Crippen LogP contribution in [0.5, 0.6) is 0 Å². The summed E-state index contributed by atoms with van der Waals surface area (Å²) in [4.78, 5) is 5.04. The number of anilines is 6. The third-order valence-corrected chi connectivity index (χ3v) is 19.4. The first kappa shape index (κ1) is 41.0. The SMILES string of the molecule is [2H]C([2H])([2H])c1cc2c3c(c1)N(c1ccc(C(C)(C)C)c4c1sc1ccccc14)c1cc4c(cc1B3c1cc3c(cc1N2c1ccc2c(c1)C(C)(C)CCC2(C)C)C(C)(C)CCC3(C)C)C(C)(C)CC4(C)C. The number of hydrogen-bond donors (Lipinski definition) is 0. The molecule has 3 aliphatic carbocycles. The minimum absolute atomic E-state index is 0.0184. The molecular weight excluding hydrogens is 840 g/mol. The molecule has 5 aliphatic rings. The van der Waals surface area contributed by atoms with Gasteiger partial charge in [0.2, 0.25) is 0 Å². The van der Waals surface area contributed by atoms with Gasteiger partial charge < -0.3 is 9.80 Å². The van der Waals surface area contributed by atoms with Crippen LogP contribution >= 0.6 is 11.3 Å². The van der Waals surface area contributed by atoms with Gasteiger partial charge in [-0.2, -0.15) is 0 Å². The van der Waals surface area contributed by atoms with Gasteiger partial charge in [0.25, 0.3) is 6.71 Å². The minimum atomic E-state index is -2.37. The van der Waals surface area contributed by atoms with E-state index in [1.165, 1.54) is 81.2 Å². The first-order valence-corrected chi connectivity index (χ1v) is 26.5. The summed E-state index contributed by atoms with van der Waals surface area (Å²) in [6.45, 7) is 33.6. The molecule has 0 amide bonds. The van der Waals surface area contributed by atoms with Crippen molar-refractivity contribution in [3.63, 3.8) is 0 Å². The van der Waals surface area contributed by atoms with Crippen molar-refractivity contribution in [2.45, 2.75) is 181 Å². The Balaban J connectivity index is 1.26. The van der Waals surface area contributed by atoms with Crippen LogP contribution in [0.4, 0.5) is 34.1 Å². The Morgan fingerprint density at radius 3 is 1.63 bits per heavy atom. The first-order chi connectivity index (χ1) is 32.9. The molecule has 6 aromatic carbocycles. The molecule has 348 valence electrons. The highest BCUT2D eigenvalue weighted by molar-refractivity contribution is 7.26. The van der Waals surface area contributed by atoms with E-state index in [0.717, 1.165) is 60.5 Å². The number of fused-ring (bicyclic) bond motifs is 10. The normalized spacial score (nSPS) is 21.5. The summed E-state index contributed by atoms with van der Waals surface area (Å²) in [5, 5.41) is 2.57. The molecule has 0 saturated carbocycles. The maximum absolute atomic E-state index is 9.30. The third-order valence-electron chi connectivity index (χ3n) is 18.2. The van der Waals surface area contributed by atoms with Crippen LogP contribution in [0.1, 0.15) is 185 Å². The van der Waals surface area contributed by atoms with E-state index in [1.807, 2.05) is 11.3 Å². The van der Waals surface area contributed by atoms with E-state index in [1.54, 1.807) is 0 Å². The van der Waals surface area contributed by atoms with Crippen LogP contribution in [-0.2, 0) is 37.9 Å². The van der Waals surface area contributed by atoms with Crippen LogP contribution in [0.2, 0.25) is 0 Å². The number of benzene rings is 6. The highest BCUT2D eigenvalue weighted by atomic mass is 32.1. The Hall–Kier alpha value is -4.80. The van der Waals surface area contributed by atoms with Crippen molar-refractivity contribution in [2.75, 3.05) is 9.80 Å². The van der Waals surface area contributed by atoms with Crippen molar-refractivity contribution >= 4 is 88.7 Å². The molecule has 0 saturated heterocycles. The maximum atomic E-state index is 9.30. The van der Waals surface area contributed by atoms with Gasteiger partial charge in [0.05, 0.1) is 10.4 Å². The van der Waals surface area contributed by atoms with Crippen LogP contribution < -0.4 is 26.2 Å². The summed E-state index contributed by atoms with van der Waals surface area (Å²) in [5.41, 5.74) is 20.3. The Bertz CT molecular complexity index is 3460. The lowest BCUT2D eigenvalue weighted by molar-refractivity contribution is 0.332. The lowest BCUT2D eigenvalue weighted by atomic mass is 9.33. The Labute approximate surface area is 416 Å². The van der Waals surface area contributed by atoms with Crippen LogP contribution in [0.15, 0.2) is 91.0 Å². The van der Waals surface area contributed by atoms with Gasteiger partial charge in [-0.1, -0.05) is 146 Å². The Morgan fingerprint density at radius 1 is 0.515 bits per heavy atom. The fourth-order valence-corrected chi connectivity index (χ4v) is 15.6. The Morgan fingerprint density at radius 2 is 1.03 bits per heavy atom. The second-order valence-corrected chi connectivity index (χ2v) is 27.9. The molecule has 0 atom stereocenters. The minimum Gasteiger partial charge on any atom is -0.311 e. The van der Waals surface area contributed by atoms with E-state index in [2.05, 4.69) is 205 Å². The molecule has 0 unspecified atom stereocenters. The summed E-state index contributed by atoms with van der Waals surface area (Å²) in [5.74, 6) is 0. The maximum Gasteiger partial charge on any atom is 0.252 e. The monoisotopic (exact) mass is 916 g/mol. The third kappa shape index (κ3) is 6.13. The van der Waals surface area contributed by atoms with Crippen LogP contribution in [0.25, 0.3) is 20.2 Å². The van der Waals surface area contributed by atoms with E-state index in [0.29, 0.717) is 5.56 Å². The molecule has 2 nitrogen and oxygen atoms in total. The van der Waals surface area contributed by atoms with E-state index in [9.17, 15) is 4.11 Å². The number of hydrogen-bond acceptors (Lipinski definition) is 3. The number of rotatable bonds is 2. The number of aryl methyl sites for hydroxylation is 1. The highest BCUT2D eigenvalue weighted by Gasteiger charge is 2.50. The van der Waals surface area contributed by atoms with Crippen molar-refractivity contribution < 1.29 is 4.11 Å². The van der Waals surface area contributed by atoms with Gasteiger partial charge in [-0.05, 0) is 186 Å². The highest BCUT2D eigenvalue weighted by Crippen LogP contribution is 2.56. The summed E-state index contributed by atoms with van der Waals surface area (Å²) in [6, 6.07) is 35.4. The van der Waals surface area contributed by atoms with Crippen LogP contribution in [-0.4, -0.2) is 6.71 Å². The standard InChI is InChI=1S/C64H73BN2S/c1-37-29-52-56-53(30-37)67(49-24-23-41(58(2,3)4)55-39-19-17-18-20-54(39)68-57(49)55)51-35-46-44(63(13,14)36-64(46,15)16)33-48(51)65(56)47-32-43-45(62(11,12)28-27-61(43,9)10)34-50(47)66(52)38-21-22-40-42(31-38)60(7,8)26-25-59(40,5)6/h17-24,29-35H,25-28,36H2,1-16H3/i1D3. The van der Waals surface area contributed by atoms with E-state index < -0.39 is 6.85 Å². The second-order valence-electron chi connectivity index (χ2n) is 26.8. The molecule has 2 aliphatic heterocycles. The smallest absolute Gasteiger partial charge is 0.252 e. The van der Waals surface area contributed by atoms with Gasteiger partial charge in [0.1, 0.15) is 0 Å². The Kier molecular flexibility index (Phi) is 8.29. The average molecular weight is 916 g/mol. The summed E-state index contributed by atoms with van der Waals surface area (Å²) in [6.07, 6.45) is 5.53.